The Bertz CT molecular complexity index is 616. The van der Waals surface area contributed by atoms with Gasteiger partial charge in [-0.3, -0.25) is 9.59 Å². The topological polar surface area (TPSA) is 98.7 Å². The second kappa shape index (κ2) is 9.17. The second-order valence-corrected chi connectivity index (χ2v) is 6.91. The minimum atomic E-state index is -0.587. The minimum Gasteiger partial charge on any atom is -0.496 e. The summed E-state index contributed by atoms with van der Waals surface area (Å²) in [4.78, 5) is 26.0. The van der Waals surface area contributed by atoms with Gasteiger partial charge in [0.1, 0.15) is 5.75 Å². The van der Waals surface area contributed by atoms with Crippen molar-refractivity contribution in [1.29, 1.82) is 0 Å². The third-order valence-corrected chi connectivity index (χ3v) is 4.98. The number of primary amides is 1. The highest BCUT2D eigenvalue weighted by Gasteiger charge is 2.24. The van der Waals surface area contributed by atoms with Crippen molar-refractivity contribution in [2.45, 2.75) is 31.7 Å². The van der Waals surface area contributed by atoms with Crippen LogP contribution in [0, 0.1) is 5.92 Å². The van der Waals surface area contributed by atoms with E-state index in [0.717, 1.165) is 38.9 Å². The van der Waals surface area contributed by atoms with Gasteiger partial charge in [0.2, 0.25) is 5.91 Å². The number of piperidine rings is 1. The van der Waals surface area contributed by atoms with E-state index in [0.29, 0.717) is 22.8 Å². The lowest BCUT2D eigenvalue weighted by atomic mass is 9.95. The molecule has 1 atom stereocenters. The fraction of sp³-hybridized carbons (Fsp3) is 0.556. The van der Waals surface area contributed by atoms with Crippen molar-refractivity contribution in [3.8, 4) is 5.75 Å². The summed E-state index contributed by atoms with van der Waals surface area (Å²) < 4.78 is 5.22. The van der Waals surface area contributed by atoms with Crippen LogP contribution >= 0.6 is 11.6 Å². The number of amides is 1. The molecule has 1 fully saturated rings. The fourth-order valence-corrected chi connectivity index (χ4v) is 3.35. The molecule has 1 heterocycles. The number of hydrogen-bond acceptors (Lipinski definition) is 5. The number of benzene rings is 1. The number of carbonyl (C=O) groups excluding carboxylic acids is 2. The van der Waals surface area contributed by atoms with E-state index in [1.54, 1.807) is 18.2 Å². The molecular weight excluding hydrogens is 342 g/mol. The first-order chi connectivity index (χ1) is 11.9. The molecule has 2 rings (SSSR count). The number of nitrogens with two attached hydrogens (primary N) is 2. The molecule has 0 aliphatic carbocycles. The van der Waals surface area contributed by atoms with Crippen molar-refractivity contribution < 1.29 is 14.3 Å². The Morgan fingerprint density at radius 2 is 2.04 bits per heavy atom. The lowest BCUT2D eigenvalue weighted by Crippen LogP contribution is -2.39. The maximum absolute atomic E-state index is 12.5. The molecular formula is C18H26ClN3O3. The highest BCUT2D eigenvalue weighted by Crippen LogP contribution is 2.24. The molecule has 7 heteroatoms. The van der Waals surface area contributed by atoms with E-state index in [2.05, 4.69) is 4.90 Å². The molecule has 1 aromatic rings. The molecule has 6 nitrogen and oxygen atoms in total. The molecule has 0 saturated carbocycles. The number of carbonyl (C=O) groups is 2. The Morgan fingerprint density at radius 1 is 1.36 bits per heavy atom. The molecule has 0 radical (unpaired) electrons. The highest BCUT2D eigenvalue weighted by atomic mass is 35.5. The molecule has 1 unspecified atom stereocenters. The van der Waals surface area contributed by atoms with E-state index in [1.165, 1.54) is 7.11 Å². The average Bonchev–Trinajstić information content (AvgIpc) is 2.61. The molecule has 1 saturated heterocycles. The fourth-order valence-electron chi connectivity index (χ4n) is 3.18. The van der Waals surface area contributed by atoms with Crippen molar-refractivity contribution in [3.05, 3.63) is 28.8 Å². The first-order valence-corrected chi connectivity index (χ1v) is 8.95. The van der Waals surface area contributed by atoms with Gasteiger partial charge in [-0.05, 0) is 63.5 Å². The van der Waals surface area contributed by atoms with E-state index in [-0.39, 0.29) is 17.6 Å². The molecule has 0 bridgehead atoms. The average molecular weight is 368 g/mol. The summed E-state index contributed by atoms with van der Waals surface area (Å²) >= 11 is 5.97. The monoisotopic (exact) mass is 367 g/mol. The molecule has 4 N–H and O–H groups in total. The first kappa shape index (κ1) is 19.7. The minimum absolute atomic E-state index is 0.00428. The van der Waals surface area contributed by atoms with Gasteiger partial charge in [0.25, 0.3) is 0 Å². The lowest BCUT2D eigenvalue weighted by Gasteiger charge is -2.30. The molecule has 25 heavy (non-hydrogen) atoms. The SMILES string of the molecule is COc1ccc(Cl)cc1C(=O)C(N)CCCN1CCC(C(N)=O)CC1. The van der Waals surface area contributed by atoms with Crippen LogP contribution in [0.25, 0.3) is 0 Å². The van der Waals surface area contributed by atoms with Gasteiger partial charge in [-0.25, -0.2) is 0 Å². The first-order valence-electron chi connectivity index (χ1n) is 8.57. The zero-order valence-electron chi connectivity index (χ0n) is 14.5. The van der Waals surface area contributed by atoms with E-state index in [9.17, 15) is 9.59 Å². The smallest absolute Gasteiger partial charge is 0.220 e. The van der Waals surface area contributed by atoms with Crippen LogP contribution in [0.3, 0.4) is 0 Å². The lowest BCUT2D eigenvalue weighted by molar-refractivity contribution is -0.123. The summed E-state index contributed by atoms with van der Waals surface area (Å²) in [7, 11) is 1.52. The van der Waals surface area contributed by atoms with E-state index < -0.39 is 6.04 Å². The van der Waals surface area contributed by atoms with Crippen LogP contribution in [0.2, 0.25) is 5.02 Å². The number of rotatable bonds is 8. The van der Waals surface area contributed by atoms with Gasteiger partial charge in [0.05, 0.1) is 18.7 Å². The van der Waals surface area contributed by atoms with Gasteiger partial charge >= 0.3 is 0 Å². The number of Topliss-reactive ketones (excluding diaryl/α,β-unsaturated/α-hetero) is 1. The standard InChI is InChI=1S/C18H26ClN3O3/c1-25-16-5-4-13(19)11-14(16)17(23)15(20)3-2-8-22-9-6-12(7-10-22)18(21)24/h4-5,11-12,15H,2-3,6-10,20H2,1H3,(H2,21,24). The van der Waals surface area contributed by atoms with Crippen LogP contribution in [0.15, 0.2) is 18.2 Å². The Hall–Kier alpha value is -1.63. The Morgan fingerprint density at radius 3 is 2.64 bits per heavy atom. The van der Waals surface area contributed by atoms with Crippen molar-refractivity contribution in [3.63, 3.8) is 0 Å². The maximum atomic E-state index is 12.5. The Balaban J connectivity index is 1.81. The van der Waals surface area contributed by atoms with Gasteiger partial charge in [-0.1, -0.05) is 11.6 Å². The number of ether oxygens (including phenoxy) is 1. The van der Waals surface area contributed by atoms with Crippen LogP contribution in [0.1, 0.15) is 36.0 Å². The predicted molar refractivity (Wildman–Crippen MR) is 97.9 cm³/mol. The number of ketones is 1. The van der Waals surface area contributed by atoms with Gasteiger partial charge in [0.15, 0.2) is 5.78 Å². The second-order valence-electron chi connectivity index (χ2n) is 6.48. The van der Waals surface area contributed by atoms with Crippen LogP contribution in [0.5, 0.6) is 5.75 Å². The van der Waals surface area contributed by atoms with Crippen LogP contribution in [0.4, 0.5) is 0 Å². The number of halogens is 1. The molecule has 1 aromatic carbocycles. The maximum Gasteiger partial charge on any atom is 0.220 e. The zero-order chi connectivity index (χ0) is 18.4. The normalized spacial score (nSPS) is 17.2. The third kappa shape index (κ3) is 5.42. The predicted octanol–water partition coefficient (Wildman–Crippen LogP) is 1.84. The van der Waals surface area contributed by atoms with Crippen LogP contribution in [-0.2, 0) is 4.79 Å². The quantitative estimate of drug-likeness (QED) is 0.683. The largest absolute Gasteiger partial charge is 0.496 e. The van der Waals surface area contributed by atoms with Crippen molar-refractivity contribution >= 4 is 23.3 Å². The van der Waals surface area contributed by atoms with Crippen LogP contribution in [-0.4, -0.2) is 49.4 Å². The Labute approximate surface area is 153 Å². The van der Waals surface area contributed by atoms with Crippen molar-refractivity contribution in [1.82, 2.24) is 4.90 Å². The van der Waals surface area contributed by atoms with E-state index in [1.807, 2.05) is 0 Å². The van der Waals surface area contributed by atoms with Gasteiger partial charge < -0.3 is 21.1 Å². The Kier molecular flexibility index (Phi) is 7.23. The van der Waals surface area contributed by atoms with Crippen molar-refractivity contribution in [2.24, 2.45) is 17.4 Å². The summed E-state index contributed by atoms with van der Waals surface area (Å²) in [6, 6.07) is 4.36. The van der Waals surface area contributed by atoms with Crippen LogP contribution < -0.4 is 16.2 Å². The molecule has 0 aromatic heterocycles. The zero-order valence-corrected chi connectivity index (χ0v) is 15.3. The summed E-state index contributed by atoms with van der Waals surface area (Å²) in [5.41, 5.74) is 11.8. The summed E-state index contributed by atoms with van der Waals surface area (Å²) in [6.07, 6.45) is 3.02. The number of likely N-dealkylation sites (tertiary alicyclic amines) is 1. The van der Waals surface area contributed by atoms with Gasteiger partial charge in [0, 0.05) is 10.9 Å². The number of methoxy groups -OCH3 is 1. The molecule has 1 amide bonds. The summed E-state index contributed by atoms with van der Waals surface area (Å²) in [5.74, 6) is 0.114. The van der Waals surface area contributed by atoms with E-state index >= 15 is 0 Å². The number of hydrogen-bond donors (Lipinski definition) is 2. The molecule has 0 spiro atoms. The third-order valence-electron chi connectivity index (χ3n) is 4.74. The van der Waals surface area contributed by atoms with Gasteiger partial charge in [-0.2, -0.15) is 0 Å². The molecule has 1 aliphatic rings. The highest BCUT2D eigenvalue weighted by molar-refractivity contribution is 6.31. The van der Waals surface area contributed by atoms with E-state index in [4.69, 9.17) is 27.8 Å². The van der Waals surface area contributed by atoms with Crippen molar-refractivity contribution in [2.75, 3.05) is 26.7 Å². The number of nitrogens with zero attached hydrogens (tertiary/aromatic N) is 1. The van der Waals surface area contributed by atoms with Gasteiger partial charge in [-0.15, -0.1) is 0 Å². The summed E-state index contributed by atoms with van der Waals surface area (Å²) in [6.45, 7) is 2.58. The molecule has 1 aliphatic heterocycles. The summed E-state index contributed by atoms with van der Waals surface area (Å²) in [5, 5.41) is 0.480. The molecule has 138 valence electrons.